The van der Waals surface area contributed by atoms with Crippen LogP contribution in [0.3, 0.4) is 0 Å². The minimum atomic E-state index is -0.163. The van der Waals surface area contributed by atoms with Gasteiger partial charge in [0, 0.05) is 28.5 Å². The van der Waals surface area contributed by atoms with Gasteiger partial charge in [0.15, 0.2) is 0 Å². The van der Waals surface area contributed by atoms with E-state index in [-0.39, 0.29) is 17.8 Å². The summed E-state index contributed by atoms with van der Waals surface area (Å²) in [5.74, 6) is -0.347. The van der Waals surface area contributed by atoms with Crippen molar-refractivity contribution in [1.29, 1.82) is 0 Å². The Morgan fingerprint density at radius 3 is 2.61 bits per heavy atom. The van der Waals surface area contributed by atoms with E-state index in [1.807, 2.05) is 36.6 Å². The molecule has 1 aliphatic rings. The number of ether oxygens (including phenoxy) is 1. The molecule has 162 valence electrons. The number of esters is 1. The molecule has 0 spiro atoms. The van der Waals surface area contributed by atoms with Crippen LogP contribution in [0.2, 0.25) is 0 Å². The standard InChI is InChI=1S/C22H23BrN4O3S/c1-3-30-21(29)16-8-10-26(11-9-16)20(28)18-12-24-27(14(18)2)22-25-19(13-31-22)15-4-6-17(23)7-5-15/h4-7,12-13,16H,3,8-11H2,1-2H3. The zero-order chi connectivity index (χ0) is 22.0. The molecule has 3 heterocycles. The van der Waals surface area contributed by atoms with E-state index < -0.39 is 0 Å². The lowest BCUT2D eigenvalue weighted by atomic mass is 9.96. The number of thiazole rings is 1. The number of likely N-dealkylation sites (tertiary alicyclic amines) is 1. The summed E-state index contributed by atoms with van der Waals surface area (Å²) in [5.41, 5.74) is 3.22. The molecule has 3 aromatic rings. The second kappa shape index (κ2) is 9.32. The quantitative estimate of drug-likeness (QED) is 0.480. The summed E-state index contributed by atoms with van der Waals surface area (Å²) in [4.78, 5) is 31.5. The Balaban J connectivity index is 1.47. The molecule has 0 aliphatic carbocycles. The van der Waals surface area contributed by atoms with Crippen LogP contribution in [0.15, 0.2) is 40.3 Å². The second-order valence-electron chi connectivity index (χ2n) is 7.40. The minimum absolute atomic E-state index is 0.0595. The molecule has 0 N–H and O–H groups in total. The third-order valence-electron chi connectivity index (χ3n) is 5.46. The first-order chi connectivity index (χ1) is 15.0. The Labute approximate surface area is 193 Å². The van der Waals surface area contributed by atoms with Crippen LogP contribution in [0.25, 0.3) is 16.4 Å². The fourth-order valence-electron chi connectivity index (χ4n) is 3.68. The molecule has 2 aromatic heterocycles. The van der Waals surface area contributed by atoms with Crippen molar-refractivity contribution >= 4 is 39.1 Å². The number of rotatable bonds is 5. The Hall–Kier alpha value is -2.52. The number of amides is 1. The molecule has 1 fully saturated rings. The molecular formula is C22H23BrN4O3S. The summed E-state index contributed by atoms with van der Waals surface area (Å²) < 4.78 is 7.84. The number of hydrogen-bond donors (Lipinski definition) is 0. The smallest absolute Gasteiger partial charge is 0.309 e. The average Bonchev–Trinajstić information content (AvgIpc) is 3.41. The topological polar surface area (TPSA) is 77.3 Å². The number of aromatic nitrogens is 3. The van der Waals surface area contributed by atoms with Crippen molar-refractivity contribution in [2.75, 3.05) is 19.7 Å². The number of nitrogens with zero attached hydrogens (tertiary/aromatic N) is 4. The highest BCUT2D eigenvalue weighted by Crippen LogP contribution is 2.27. The normalized spacial score (nSPS) is 14.6. The van der Waals surface area contributed by atoms with Crippen molar-refractivity contribution < 1.29 is 14.3 Å². The molecule has 31 heavy (non-hydrogen) atoms. The molecule has 0 saturated carbocycles. The molecule has 0 atom stereocenters. The third-order valence-corrected chi connectivity index (χ3v) is 6.80. The van der Waals surface area contributed by atoms with E-state index in [9.17, 15) is 9.59 Å². The lowest BCUT2D eigenvalue weighted by Gasteiger charge is -2.30. The highest BCUT2D eigenvalue weighted by Gasteiger charge is 2.30. The number of carbonyl (C=O) groups excluding carboxylic acids is 2. The fourth-order valence-corrected chi connectivity index (χ4v) is 4.78. The van der Waals surface area contributed by atoms with Crippen LogP contribution in [-0.4, -0.2) is 51.2 Å². The van der Waals surface area contributed by atoms with Crippen molar-refractivity contribution in [1.82, 2.24) is 19.7 Å². The maximum absolute atomic E-state index is 13.1. The molecule has 0 unspecified atom stereocenters. The first-order valence-corrected chi connectivity index (χ1v) is 11.9. The number of halogens is 1. The first kappa shape index (κ1) is 21.7. The van der Waals surface area contributed by atoms with Gasteiger partial charge >= 0.3 is 5.97 Å². The van der Waals surface area contributed by atoms with Gasteiger partial charge in [-0.3, -0.25) is 9.59 Å². The predicted molar refractivity (Wildman–Crippen MR) is 122 cm³/mol. The van der Waals surface area contributed by atoms with Gasteiger partial charge in [0.25, 0.3) is 5.91 Å². The molecule has 0 bridgehead atoms. The zero-order valence-corrected chi connectivity index (χ0v) is 19.8. The van der Waals surface area contributed by atoms with E-state index in [4.69, 9.17) is 9.72 Å². The summed E-state index contributed by atoms with van der Waals surface area (Å²) in [6.45, 7) is 5.15. The zero-order valence-electron chi connectivity index (χ0n) is 17.4. The largest absolute Gasteiger partial charge is 0.466 e. The van der Waals surface area contributed by atoms with E-state index in [1.165, 1.54) is 11.3 Å². The monoisotopic (exact) mass is 502 g/mol. The highest BCUT2D eigenvalue weighted by molar-refractivity contribution is 9.10. The molecule has 1 saturated heterocycles. The summed E-state index contributed by atoms with van der Waals surface area (Å²) in [6.07, 6.45) is 2.86. The van der Waals surface area contributed by atoms with Crippen LogP contribution in [0.4, 0.5) is 0 Å². The molecular weight excluding hydrogens is 480 g/mol. The molecule has 1 amide bonds. The summed E-state index contributed by atoms with van der Waals surface area (Å²) >= 11 is 4.93. The SMILES string of the molecule is CCOC(=O)C1CCN(C(=O)c2cnn(-c3nc(-c4ccc(Br)cc4)cs3)c2C)CC1. The van der Waals surface area contributed by atoms with Crippen LogP contribution >= 0.6 is 27.3 Å². The molecule has 4 rings (SSSR count). The second-order valence-corrected chi connectivity index (χ2v) is 9.15. The first-order valence-electron chi connectivity index (χ1n) is 10.2. The number of hydrogen-bond acceptors (Lipinski definition) is 6. The molecule has 1 aliphatic heterocycles. The molecule has 0 radical (unpaired) electrons. The van der Waals surface area contributed by atoms with Crippen LogP contribution in [0.5, 0.6) is 0 Å². The van der Waals surface area contributed by atoms with Crippen LogP contribution in [0, 0.1) is 12.8 Å². The van der Waals surface area contributed by atoms with Crippen molar-refractivity contribution in [3.05, 3.63) is 51.6 Å². The predicted octanol–water partition coefficient (Wildman–Crippen LogP) is 4.48. The van der Waals surface area contributed by atoms with Crippen molar-refractivity contribution in [3.8, 4) is 16.4 Å². The highest BCUT2D eigenvalue weighted by atomic mass is 79.9. The van der Waals surface area contributed by atoms with Gasteiger partial charge in [-0.05, 0) is 38.8 Å². The maximum Gasteiger partial charge on any atom is 0.309 e. The van der Waals surface area contributed by atoms with Gasteiger partial charge in [0.2, 0.25) is 5.13 Å². The Morgan fingerprint density at radius 2 is 1.94 bits per heavy atom. The third kappa shape index (κ3) is 4.57. The number of piperidine rings is 1. The van der Waals surface area contributed by atoms with Crippen LogP contribution in [0.1, 0.15) is 35.8 Å². The van der Waals surface area contributed by atoms with Gasteiger partial charge in [-0.2, -0.15) is 5.10 Å². The van der Waals surface area contributed by atoms with Crippen LogP contribution in [-0.2, 0) is 9.53 Å². The Bertz CT molecular complexity index is 1080. The van der Waals surface area contributed by atoms with Crippen LogP contribution < -0.4 is 0 Å². The van der Waals surface area contributed by atoms with Crippen molar-refractivity contribution in [2.45, 2.75) is 26.7 Å². The molecule has 1 aromatic carbocycles. The lowest BCUT2D eigenvalue weighted by Crippen LogP contribution is -2.40. The van der Waals surface area contributed by atoms with Crippen molar-refractivity contribution in [2.24, 2.45) is 5.92 Å². The minimum Gasteiger partial charge on any atom is -0.466 e. The van der Waals surface area contributed by atoms with E-state index in [0.717, 1.165) is 26.6 Å². The lowest BCUT2D eigenvalue weighted by molar-refractivity contribution is -0.149. The maximum atomic E-state index is 13.1. The summed E-state index contributed by atoms with van der Waals surface area (Å²) in [7, 11) is 0. The number of benzene rings is 1. The molecule has 9 heteroatoms. The van der Waals surface area contributed by atoms with E-state index in [0.29, 0.717) is 38.1 Å². The van der Waals surface area contributed by atoms with Gasteiger partial charge in [-0.15, -0.1) is 11.3 Å². The van der Waals surface area contributed by atoms with Gasteiger partial charge < -0.3 is 9.64 Å². The van der Waals surface area contributed by atoms with Gasteiger partial charge in [-0.1, -0.05) is 28.1 Å². The van der Waals surface area contributed by atoms with E-state index >= 15 is 0 Å². The Kier molecular flexibility index (Phi) is 6.52. The van der Waals surface area contributed by atoms with Crippen molar-refractivity contribution in [3.63, 3.8) is 0 Å². The van der Waals surface area contributed by atoms with Gasteiger partial charge in [0.1, 0.15) is 0 Å². The van der Waals surface area contributed by atoms with E-state index in [1.54, 1.807) is 22.7 Å². The fraction of sp³-hybridized carbons (Fsp3) is 0.364. The van der Waals surface area contributed by atoms with Gasteiger partial charge in [0.05, 0.1) is 35.7 Å². The van der Waals surface area contributed by atoms with Gasteiger partial charge in [-0.25, -0.2) is 9.67 Å². The average molecular weight is 503 g/mol. The molecule has 7 nitrogen and oxygen atoms in total. The Morgan fingerprint density at radius 1 is 1.23 bits per heavy atom. The van der Waals surface area contributed by atoms with E-state index in [2.05, 4.69) is 21.0 Å². The number of carbonyl (C=O) groups is 2. The summed E-state index contributed by atoms with van der Waals surface area (Å²) in [6, 6.07) is 7.98. The summed E-state index contributed by atoms with van der Waals surface area (Å²) in [5, 5.41) is 7.13.